The Morgan fingerprint density at radius 1 is 0.733 bits per heavy atom. The average molecular weight is 455 g/mol. The maximum atomic E-state index is 10.7. The van der Waals surface area contributed by atoms with Crippen LogP contribution in [-0.2, 0) is 14.6 Å². The zero-order valence-corrected chi connectivity index (χ0v) is 23.0. The summed E-state index contributed by atoms with van der Waals surface area (Å²) in [4.78, 5) is 0. The summed E-state index contributed by atoms with van der Waals surface area (Å²) in [5.74, 6) is 0.0214. The Bertz CT molecular complexity index is 466. The number of allylic oxidation sites excluding steroid dienone is 1. The van der Waals surface area contributed by atoms with E-state index < -0.39 is 10.4 Å². The predicted molar refractivity (Wildman–Crippen MR) is 123 cm³/mol. The summed E-state index contributed by atoms with van der Waals surface area (Å²) in [6, 6.07) is 0. The van der Waals surface area contributed by atoms with Crippen LogP contribution >= 0.6 is 0 Å². The molecule has 0 saturated carbocycles. The molecule has 0 aromatic rings. The SMILES string of the molecule is CCCCCCCCCCCCC/C=C/C(CCCCCCC)COS(=O)(=O)[O-].[Na+]. The van der Waals surface area contributed by atoms with E-state index in [2.05, 4.69) is 30.2 Å². The van der Waals surface area contributed by atoms with Gasteiger partial charge in [0, 0.05) is 5.92 Å². The quantitative estimate of drug-likeness (QED) is 0.0782. The van der Waals surface area contributed by atoms with E-state index in [0.717, 1.165) is 25.7 Å². The van der Waals surface area contributed by atoms with E-state index >= 15 is 0 Å². The maximum Gasteiger partial charge on any atom is 1.00 e. The standard InChI is InChI=1S/C24H48O4S.Na/c1-3-5-7-9-10-11-12-13-14-15-16-18-20-22-24(23-28-29(25,26)27)21-19-17-8-6-4-2;/h20,22,24H,3-19,21,23H2,1-2H3,(H,25,26,27);/q;+1/p-1/b22-20+;. The van der Waals surface area contributed by atoms with Crippen molar-refractivity contribution in [1.29, 1.82) is 0 Å². The third-order valence-electron chi connectivity index (χ3n) is 5.49. The first-order valence-electron chi connectivity index (χ1n) is 12.3. The van der Waals surface area contributed by atoms with E-state index in [0.29, 0.717) is 0 Å². The second-order valence-electron chi connectivity index (χ2n) is 8.41. The molecule has 6 heteroatoms. The fourth-order valence-corrected chi connectivity index (χ4v) is 3.97. The van der Waals surface area contributed by atoms with Gasteiger partial charge in [-0.15, -0.1) is 0 Å². The maximum absolute atomic E-state index is 10.7. The monoisotopic (exact) mass is 454 g/mol. The molecule has 0 rings (SSSR count). The van der Waals surface area contributed by atoms with Crippen molar-refractivity contribution < 1.29 is 46.7 Å². The van der Waals surface area contributed by atoms with E-state index in [9.17, 15) is 13.0 Å². The number of rotatable bonds is 22. The summed E-state index contributed by atoms with van der Waals surface area (Å²) in [7, 11) is -4.60. The van der Waals surface area contributed by atoms with E-state index in [1.165, 1.54) is 89.9 Å². The molecule has 30 heavy (non-hydrogen) atoms. The molecule has 174 valence electrons. The van der Waals surface area contributed by atoms with E-state index in [-0.39, 0.29) is 42.1 Å². The molecule has 0 aromatic heterocycles. The van der Waals surface area contributed by atoms with Crippen molar-refractivity contribution in [3.8, 4) is 0 Å². The second kappa shape index (κ2) is 24.3. The molecule has 1 atom stereocenters. The molecule has 4 nitrogen and oxygen atoms in total. The van der Waals surface area contributed by atoms with Gasteiger partial charge in [0.1, 0.15) is 0 Å². The topological polar surface area (TPSA) is 66.4 Å². The molecule has 0 bridgehead atoms. The Morgan fingerprint density at radius 2 is 1.17 bits per heavy atom. The first kappa shape index (κ1) is 32.8. The van der Waals surface area contributed by atoms with Crippen molar-refractivity contribution in [3.63, 3.8) is 0 Å². The first-order chi connectivity index (χ1) is 14.0. The van der Waals surface area contributed by atoms with E-state index in [4.69, 9.17) is 0 Å². The molecule has 0 aliphatic rings. The van der Waals surface area contributed by atoms with Gasteiger partial charge in [-0.1, -0.05) is 122 Å². The molecule has 0 aliphatic heterocycles. The van der Waals surface area contributed by atoms with Crippen LogP contribution in [0.3, 0.4) is 0 Å². The molecular weight excluding hydrogens is 407 g/mol. The zero-order valence-electron chi connectivity index (χ0n) is 20.2. The van der Waals surface area contributed by atoms with Crippen molar-refractivity contribution in [1.82, 2.24) is 0 Å². The minimum absolute atomic E-state index is 0. The third kappa shape index (κ3) is 26.6. The molecule has 0 saturated heterocycles. The zero-order chi connectivity index (χ0) is 21.6. The van der Waals surface area contributed by atoms with Gasteiger partial charge in [0.2, 0.25) is 10.4 Å². The van der Waals surface area contributed by atoms with E-state index in [1.54, 1.807) is 0 Å². The minimum atomic E-state index is -4.60. The average Bonchev–Trinajstić information content (AvgIpc) is 2.68. The largest absolute Gasteiger partial charge is 1.00 e. The molecule has 0 fully saturated rings. The third-order valence-corrected chi connectivity index (χ3v) is 5.91. The molecule has 0 heterocycles. The molecule has 0 aromatic carbocycles. The van der Waals surface area contributed by atoms with Gasteiger partial charge in [0.05, 0.1) is 6.61 Å². The summed E-state index contributed by atoms with van der Waals surface area (Å²) in [6.07, 6.45) is 26.7. The summed E-state index contributed by atoms with van der Waals surface area (Å²) < 4.78 is 36.7. The van der Waals surface area contributed by atoms with Crippen LogP contribution in [0.1, 0.15) is 129 Å². The van der Waals surface area contributed by atoms with Crippen LogP contribution in [0.4, 0.5) is 0 Å². The Morgan fingerprint density at radius 3 is 1.63 bits per heavy atom. The van der Waals surface area contributed by atoms with Crippen LogP contribution in [0.25, 0.3) is 0 Å². The van der Waals surface area contributed by atoms with Crippen molar-refractivity contribution in [2.75, 3.05) is 6.61 Å². The summed E-state index contributed by atoms with van der Waals surface area (Å²) >= 11 is 0. The summed E-state index contributed by atoms with van der Waals surface area (Å²) in [6.45, 7) is 4.43. The Labute approximate surface area is 210 Å². The van der Waals surface area contributed by atoms with Crippen LogP contribution in [0.2, 0.25) is 0 Å². The van der Waals surface area contributed by atoms with Gasteiger partial charge in [-0.3, -0.25) is 4.18 Å². The van der Waals surface area contributed by atoms with Gasteiger partial charge in [0.25, 0.3) is 0 Å². The predicted octanol–water partition coefficient (Wildman–Crippen LogP) is 4.70. The molecular formula is C24H47NaO4S. The molecule has 1 unspecified atom stereocenters. The molecule has 0 spiro atoms. The fourth-order valence-electron chi connectivity index (χ4n) is 3.63. The molecule has 0 amide bonds. The number of hydrogen-bond acceptors (Lipinski definition) is 4. The number of hydrogen-bond donors (Lipinski definition) is 0. The molecule has 0 N–H and O–H groups in total. The van der Waals surface area contributed by atoms with Crippen LogP contribution in [0.15, 0.2) is 12.2 Å². The van der Waals surface area contributed by atoms with E-state index in [1.807, 2.05) is 0 Å². The van der Waals surface area contributed by atoms with Gasteiger partial charge in [-0.25, -0.2) is 8.42 Å². The second-order valence-corrected chi connectivity index (χ2v) is 9.46. The van der Waals surface area contributed by atoms with Crippen molar-refractivity contribution in [2.24, 2.45) is 5.92 Å². The summed E-state index contributed by atoms with van der Waals surface area (Å²) in [5.41, 5.74) is 0. The van der Waals surface area contributed by atoms with Crippen LogP contribution in [0, 0.1) is 5.92 Å². The van der Waals surface area contributed by atoms with Crippen molar-refractivity contribution >= 4 is 10.4 Å². The smallest absolute Gasteiger partial charge is 0.726 e. The first-order valence-corrected chi connectivity index (χ1v) is 13.6. The van der Waals surface area contributed by atoms with Gasteiger partial charge in [-0.05, 0) is 19.3 Å². The normalized spacial score (nSPS) is 12.9. The Kier molecular flexibility index (Phi) is 26.5. The Hall–Kier alpha value is 0.610. The fraction of sp³-hybridized carbons (Fsp3) is 0.917. The van der Waals surface area contributed by atoms with Crippen LogP contribution in [-0.4, -0.2) is 19.6 Å². The van der Waals surface area contributed by atoms with Crippen LogP contribution < -0.4 is 29.6 Å². The van der Waals surface area contributed by atoms with Gasteiger partial charge in [0.15, 0.2) is 0 Å². The summed E-state index contributed by atoms with van der Waals surface area (Å²) in [5, 5.41) is 0. The van der Waals surface area contributed by atoms with Gasteiger partial charge < -0.3 is 4.55 Å². The van der Waals surface area contributed by atoms with Gasteiger partial charge in [-0.2, -0.15) is 0 Å². The molecule has 0 aliphatic carbocycles. The molecule has 0 radical (unpaired) electrons. The number of unbranched alkanes of at least 4 members (excludes halogenated alkanes) is 15. The van der Waals surface area contributed by atoms with Crippen molar-refractivity contribution in [2.45, 2.75) is 129 Å². The van der Waals surface area contributed by atoms with Crippen LogP contribution in [0.5, 0.6) is 0 Å². The Balaban J connectivity index is 0. The van der Waals surface area contributed by atoms with Gasteiger partial charge >= 0.3 is 29.6 Å². The minimum Gasteiger partial charge on any atom is -0.726 e. The van der Waals surface area contributed by atoms with Crippen molar-refractivity contribution in [3.05, 3.63) is 12.2 Å².